The van der Waals surface area contributed by atoms with Crippen LogP contribution >= 0.6 is 0 Å². The maximum absolute atomic E-state index is 12.3. The van der Waals surface area contributed by atoms with Crippen LogP contribution in [0, 0.1) is 0 Å². The fourth-order valence-electron chi connectivity index (χ4n) is 2.40. The van der Waals surface area contributed by atoms with Crippen molar-refractivity contribution in [3.63, 3.8) is 0 Å². The van der Waals surface area contributed by atoms with Gasteiger partial charge in [-0.1, -0.05) is 30.3 Å². The highest BCUT2D eigenvalue weighted by atomic mass is 16.5. The zero-order valence-electron chi connectivity index (χ0n) is 14.6. The second-order valence-electron chi connectivity index (χ2n) is 5.82. The lowest BCUT2D eigenvalue weighted by atomic mass is 10.1. The normalized spacial score (nSPS) is 11.4. The molecule has 0 fully saturated rings. The van der Waals surface area contributed by atoms with Gasteiger partial charge in [-0.3, -0.25) is 10.1 Å². The van der Waals surface area contributed by atoms with Gasteiger partial charge in [-0.25, -0.2) is 4.79 Å². The van der Waals surface area contributed by atoms with Crippen LogP contribution in [0.2, 0.25) is 0 Å². The molecule has 0 aromatic heterocycles. The van der Waals surface area contributed by atoms with Crippen molar-refractivity contribution in [3.8, 4) is 0 Å². The molecule has 2 N–H and O–H groups in total. The van der Waals surface area contributed by atoms with Gasteiger partial charge >= 0.3 is 6.09 Å². The first-order chi connectivity index (χ1) is 12.1. The molecule has 25 heavy (non-hydrogen) atoms. The van der Waals surface area contributed by atoms with E-state index in [4.69, 9.17) is 4.74 Å². The summed E-state index contributed by atoms with van der Waals surface area (Å²) in [5.41, 5.74) is 2.41. The Morgan fingerprint density at radius 1 is 1.04 bits per heavy atom. The monoisotopic (exact) mass is 340 g/mol. The predicted molar refractivity (Wildman–Crippen MR) is 98.8 cm³/mol. The fraction of sp³-hybridized carbons (Fsp3) is 0.300. The van der Waals surface area contributed by atoms with Crippen molar-refractivity contribution in [2.75, 3.05) is 11.9 Å². The molecule has 0 saturated carbocycles. The largest absolute Gasteiger partial charge is 0.450 e. The lowest BCUT2D eigenvalue weighted by molar-refractivity contribution is 0.0938. The van der Waals surface area contributed by atoms with Gasteiger partial charge < -0.3 is 10.1 Å². The number of ether oxygens (including phenoxy) is 1. The molecule has 0 aliphatic carbocycles. The number of carbonyl (C=O) groups excluding carboxylic acids is 2. The predicted octanol–water partition coefficient (Wildman–Crippen LogP) is 4.01. The Bertz CT molecular complexity index is 684. The van der Waals surface area contributed by atoms with Crippen LogP contribution in [0.15, 0.2) is 54.6 Å². The van der Waals surface area contributed by atoms with E-state index in [0.29, 0.717) is 17.9 Å². The molecular formula is C20H24N2O3. The Balaban J connectivity index is 1.82. The highest BCUT2D eigenvalue weighted by molar-refractivity contribution is 5.95. The van der Waals surface area contributed by atoms with Crippen molar-refractivity contribution in [1.82, 2.24) is 5.32 Å². The van der Waals surface area contributed by atoms with Crippen LogP contribution in [0.25, 0.3) is 0 Å². The summed E-state index contributed by atoms with van der Waals surface area (Å²) >= 11 is 0. The smallest absolute Gasteiger partial charge is 0.411 e. The van der Waals surface area contributed by atoms with Crippen molar-refractivity contribution in [2.45, 2.75) is 32.7 Å². The summed E-state index contributed by atoms with van der Waals surface area (Å²) in [6.07, 6.45) is 1.29. The molecule has 2 amide bonds. The number of nitrogens with one attached hydrogen (secondary N) is 2. The average molecular weight is 340 g/mol. The third-order valence-corrected chi connectivity index (χ3v) is 3.76. The molecular weight excluding hydrogens is 316 g/mol. The average Bonchev–Trinajstić information content (AvgIpc) is 2.61. The van der Waals surface area contributed by atoms with Crippen molar-refractivity contribution in [3.05, 3.63) is 65.7 Å². The van der Waals surface area contributed by atoms with Gasteiger partial charge in [-0.05, 0) is 56.5 Å². The molecule has 2 rings (SSSR count). The minimum Gasteiger partial charge on any atom is -0.450 e. The minimum atomic E-state index is -0.505. The summed E-state index contributed by atoms with van der Waals surface area (Å²) < 4.78 is 4.81. The quantitative estimate of drug-likeness (QED) is 0.800. The van der Waals surface area contributed by atoms with E-state index in [0.717, 1.165) is 12.8 Å². The van der Waals surface area contributed by atoms with Gasteiger partial charge in [-0.15, -0.1) is 0 Å². The molecule has 0 heterocycles. The van der Waals surface area contributed by atoms with Crippen molar-refractivity contribution in [1.29, 1.82) is 0 Å². The standard InChI is InChI=1S/C20H24N2O3/c1-3-25-20(24)22-18-13-11-17(12-14-18)19(23)21-15(2)9-10-16-7-5-4-6-8-16/h4-8,11-15H,3,9-10H2,1-2H3,(H,21,23)(H,22,24). The Labute approximate surface area is 148 Å². The van der Waals surface area contributed by atoms with Crippen LogP contribution < -0.4 is 10.6 Å². The lowest BCUT2D eigenvalue weighted by Crippen LogP contribution is -2.32. The SMILES string of the molecule is CCOC(=O)Nc1ccc(C(=O)NC(C)CCc2ccccc2)cc1. The number of benzene rings is 2. The molecule has 0 radical (unpaired) electrons. The van der Waals surface area contributed by atoms with Gasteiger partial charge in [0, 0.05) is 17.3 Å². The van der Waals surface area contributed by atoms with Gasteiger partial charge in [0.05, 0.1) is 6.61 Å². The summed E-state index contributed by atoms with van der Waals surface area (Å²) in [5.74, 6) is -0.122. The molecule has 2 aromatic carbocycles. The van der Waals surface area contributed by atoms with Crippen LogP contribution in [-0.2, 0) is 11.2 Å². The number of hydrogen-bond acceptors (Lipinski definition) is 3. The minimum absolute atomic E-state index is 0.0741. The molecule has 132 valence electrons. The van der Waals surface area contributed by atoms with Crippen molar-refractivity contribution in [2.24, 2.45) is 0 Å². The Morgan fingerprint density at radius 2 is 1.72 bits per heavy atom. The number of hydrogen-bond donors (Lipinski definition) is 2. The van der Waals surface area contributed by atoms with Crippen LogP contribution in [-0.4, -0.2) is 24.6 Å². The Hall–Kier alpha value is -2.82. The zero-order chi connectivity index (χ0) is 18.1. The molecule has 1 unspecified atom stereocenters. The van der Waals surface area contributed by atoms with Gasteiger partial charge in [0.2, 0.25) is 0 Å². The van der Waals surface area contributed by atoms with Crippen molar-refractivity contribution >= 4 is 17.7 Å². The molecule has 0 spiro atoms. The summed E-state index contributed by atoms with van der Waals surface area (Å²) in [6, 6.07) is 17.0. The van der Waals surface area contributed by atoms with E-state index >= 15 is 0 Å². The Kier molecular flexibility index (Phi) is 7.01. The van der Waals surface area contributed by atoms with Gasteiger partial charge in [0.1, 0.15) is 0 Å². The second-order valence-corrected chi connectivity index (χ2v) is 5.82. The Morgan fingerprint density at radius 3 is 2.36 bits per heavy atom. The number of aryl methyl sites for hydroxylation is 1. The van der Waals surface area contributed by atoms with Crippen molar-refractivity contribution < 1.29 is 14.3 Å². The number of carbonyl (C=O) groups is 2. The molecule has 0 aliphatic heterocycles. The molecule has 5 nitrogen and oxygen atoms in total. The first-order valence-corrected chi connectivity index (χ1v) is 8.47. The summed E-state index contributed by atoms with van der Waals surface area (Å²) in [4.78, 5) is 23.6. The molecule has 1 atom stereocenters. The molecule has 0 saturated heterocycles. The van der Waals surface area contributed by atoms with E-state index in [-0.39, 0.29) is 11.9 Å². The third-order valence-electron chi connectivity index (χ3n) is 3.76. The van der Waals surface area contributed by atoms with Crippen LogP contribution in [0.3, 0.4) is 0 Å². The van der Waals surface area contributed by atoms with Crippen LogP contribution in [0.1, 0.15) is 36.2 Å². The maximum Gasteiger partial charge on any atom is 0.411 e. The summed E-state index contributed by atoms with van der Waals surface area (Å²) in [7, 11) is 0. The van der Waals surface area contributed by atoms with E-state index in [1.54, 1.807) is 31.2 Å². The van der Waals surface area contributed by atoms with E-state index in [1.165, 1.54) is 5.56 Å². The van der Waals surface area contributed by atoms with E-state index < -0.39 is 6.09 Å². The number of rotatable bonds is 7. The van der Waals surface area contributed by atoms with E-state index in [9.17, 15) is 9.59 Å². The molecule has 0 bridgehead atoms. The van der Waals surface area contributed by atoms with Crippen LogP contribution in [0.5, 0.6) is 0 Å². The molecule has 0 aliphatic rings. The van der Waals surface area contributed by atoms with E-state index in [2.05, 4.69) is 22.8 Å². The summed E-state index contributed by atoms with van der Waals surface area (Å²) in [5, 5.41) is 5.59. The van der Waals surface area contributed by atoms with Gasteiger partial charge in [0.25, 0.3) is 5.91 Å². The van der Waals surface area contributed by atoms with Gasteiger partial charge in [0.15, 0.2) is 0 Å². The fourth-order valence-corrected chi connectivity index (χ4v) is 2.40. The first-order valence-electron chi connectivity index (χ1n) is 8.47. The highest BCUT2D eigenvalue weighted by Crippen LogP contribution is 2.11. The second kappa shape index (κ2) is 9.47. The maximum atomic E-state index is 12.3. The number of anilines is 1. The van der Waals surface area contributed by atoms with Gasteiger partial charge in [-0.2, -0.15) is 0 Å². The van der Waals surface area contributed by atoms with E-state index in [1.807, 2.05) is 25.1 Å². The zero-order valence-corrected chi connectivity index (χ0v) is 14.6. The molecule has 5 heteroatoms. The first kappa shape index (κ1) is 18.5. The van der Waals surface area contributed by atoms with Crippen LogP contribution in [0.4, 0.5) is 10.5 Å². The third kappa shape index (κ3) is 6.30. The molecule has 2 aromatic rings. The lowest BCUT2D eigenvalue weighted by Gasteiger charge is -2.14. The number of amides is 2. The highest BCUT2D eigenvalue weighted by Gasteiger charge is 2.10. The summed E-state index contributed by atoms with van der Waals surface area (Å²) in [6.45, 7) is 4.05. The topological polar surface area (TPSA) is 67.4 Å².